The molecule has 16 heavy (non-hydrogen) atoms. The molecule has 0 atom stereocenters. The zero-order chi connectivity index (χ0) is 11.2. The van der Waals surface area contributed by atoms with Crippen molar-refractivity contribution in [3.8, 4) is 0 Å². The number of ether oxygens (including phenoxy) is 1. The van der Waals surface area contributed by atoms with Gasteiger partial charge in [-0.05, 0) is 18.8 Å². The molecule has 0 saturated heterocycles. The van der Waals surface area contributed by atoms with Gasteiger partial charge in [0.2, 0.25) is 0 Å². The Bertz CT molecular complexity index is 307. The van der Waals surface area contributed by atoms with Crippen molar-refractivity contribution in [1.82, 2.24) is 15.0 Å². The average Bonchev–Trinajstić information content (AvgIpc) is 2.95. The third kappa shape index (κ3) is 3.28. The predicted octanol–water partition coefficient (Wildman–Crippen LogP) is 0.944. The fourth-order valence-corrected chi connectivity index (χ4v) is 2.13. The molecular formula is C11H20N4O. The lowest BCUT2D eigenvalue weighted by molar-refractivity contribution is 0.0926. The van der Waals surface area contributed by atoms with Gasteiger partial charge in [0.05, 0.1) is 18.8 Å². The number of aromatic nitrogens is 3. The molecule has 0 bridgehead atoms. The van der Waals surface area contributed by atoms with E-state index in [0.29, 0.717) is 13.2 Å². The number of hydrogen-bond donors (Lipinski definition) is 1. The van der Waals surface area contributed by atoms with Crippen LogP contribution in [0.15, 0.2) is 6.20 Å². The highest BCUT2D eigenvalue weighted by atomic mass is 16.5. The van der Waals surface area contributed by atoms with Crippen molar-refractivity contribution >= 4 is 0 Å². The zero-order valence-corrected chi connectivity index (χ0v) is 9.64. The molecule has 2 rings (SSSR count). The van der Waals surface area contributed by atoms with Gasteiger partial charge in [-0.15, -0.1) is 5.10 Å². The van der Waals surface area contributed by atoms with E-state index in [1.165, 1.54) is 25.7 Å². The van der Waals surface area contributed by atoms with Crippen molar-refractivity contribution in [2.24, 2.45) is 11.7 Å². The Labute approximate surface area is 96.0 Å². The van der Waals surface area contributed by atoms with Gasteiger partial charge in [-0.1, -0.05) is 18.1 Å². The highest BCUT2D eigenvalue weighted by molar-refractivity contribution is 4.90. The summed E-state index contributed by atoms with van der Waals surface area (Å²) in [7, 11) is 0. The zero-order valence-electron chi connectivity index (χ0n) is 9.64. The molecule has 1 saturated carbocycles. The van der Waals surface area contributed by atoms with Gasteiger partial charge < -0.3 is 10.5 Å². The molecule has 1 aliphatic rings. The van der Waals surface area contributed by atoms with Crippen molar-refractivity contribution in [2.75, 3.05) is 13.2 Å². The second-order valence-electron chi connectivity index (χ2n) is 4.40. The van der Waals surface area contributed by atoms with Gasteiger partial charge in [0.15, 0.2) is 0 Å². The lowest BCUT2D eigenvalue weighted by Crippen LogP contribution is -2.11. The average molecular weight is 224 g/mol. The molecule has 5 heteroatoms. The fraction of sp³-hybridized carbons (Fsp3) is 0.818. The van der Waals surface area contributed by atoms with Gasteiger partial charge in [0.25, 0.3) is 0 Å². The van der Waals surface area contributed by atoms with E-state index in [0.717, 1.165) is 24.8 Å². The number of rotatable bonds is 6. The first-order chi connectivity index (χ1) is 7.88. The van der Waals surface area contributed by atoms with Crippen LogP contribution in [0, 0.1) is 5.92 Å². The van der Waals surface area contributed by atoms with Crippen molar-refractivity contribution in [3.05, 3.63) is 11.9 Å². The summed E-state index contributed by atoms with van der Waals surface area (Å²) in [6.45, 7) is 2.82. The molecule has 0 radical (unpaired) electrons. The van der Waals surface area contributed by atoms with Crippen LogP contribution in [0.25, 0.3) is 0 Å². The third-order valence-electron chi connectivity index (χ3n) is 3.09. The molecule has 1 aromatic rings. The molecule has 0 amide bonds. The number of hydrogen-bond acceptors (Lipinski definition) is 4. The Kier molecular flexibility index (Phi) is 4.30. The first-order valence-corrected chi connectivity index (χ1v) is 6.05. The summed E-state index contributed by atoms with van der Waals surface area (Å²) in [6.07, 6.45) is 7.29. The first kappa shape index (κ1) is 11.5. The van der Waals surface area contributed by atoms with Crippen LogP contribution >= 0.6 is 0 Å². The minimum absolute atomic E-state index is 0.447. The molecule has 0 aromatic carbocycles. The normalized spacial score (nSPS) is 17.1. The number of nitrogens with two attached hydrogens (primary N) is 1. The van der Waals surface area contributed by atoms with Crippen molar-refractivity contribution in [2.45, 2.75) is 38.8 Å². The van der Waals surface area contributed by atoms with Gasteiger partial charge in [-0.25, -0.2) is 4.68 Å². The van der Waals surface area contributed by atoms with Crippen LogP contribution in [0.1, 0.15) is 31.4 Å². The van der Waals surface area contributed by atoms with Gasteiger partial charge in [-0.3, -0.25) is 0 Å². The molecule has 1 fully saturated rings. The second-order valence-corrected chi connectivity index (χ2v) is 4.40. The third-order valence-corrected chi connectivity index (χ3v) is 3.09. The Morgan fingerprint density at radius 3 is 2.94 bits per heavy atom. The molecule has 1 aromatic heterocycles. The van der Waals surface area contributed by atoms with Crippen molar-refractivity contribution < 1.29 is 4.74 Å². The minimum atomic E-state index is 0.447. The van der Waals surface area contributed by atoms with E-state index in [4.69, 9.17) is 10.5 Å². The maximum absolute atomic E-state index is 5.64. The molecule has 2 N–H and O–H groups in total. The SMILES string of the molecule is NCc1cn(CCOCC2CCCC2)nn1. The largest absolute Gasteiger partial charge is 0.379 e. The highest BCUT2D eigenvalue weighted by Crippen LogP contribution is 2.24. The van der Waals surface area contributed by atoms with Crippen LogP contribution < -0.4 is 5.73 Å². The van der Waals surface area contributed by atoms with Crippen molar-refractivity contribution in [3.63, 3.8) is 0 Å². The van der Waals surface area contributed by atoms with Crippen LogP contribution in [0.4, 0.5) is 0 Å². The summed E-state index contributed by atoms with van der Waals surface area (Å²) in [6, 6.07) is 0. The van der Waals surface area contributed by atoms with Gasteiger partial charge in [0.1, 0.15) is 0 Å². The first-order valence-electron chi connectivity index (χ1n) is 6.05. The van der Waals surface area contributed by atoms with E-state index in [2.05, 4.69) is 10.3 Å². The Morgan fingerprint density at radius 2 is 2.25 bits per heavy atom. The summed E-state index contributed by atoms with van der Waals surface area (Å²) in [5.74, 6) is 0.787. The second kappa shape index (κ2) is 5.96. The van der Waals surface area contributed by atoms with E-state index < -0.39 is 0 Å². The quantitative estimate of drug-likeness (QED) is 0.730. The Morgan fingerprint density at radius 1 is 1.44 bits per heavy atom. The van der Waals surface area contributed by atoms with Crippen LogP contribution in [-0.4, -0.2) is 28.2 Å². The van der Waals surface area contributed by atoms with E-state index in [1.807, 2.05) is 6.20 Å². The Balaban J connectivity index is 1.60. The van der Waals surface area contributed by atoms with E-state index >= 15 is 0 Å². The molecule has 0 spiro atoms. The van der Waals surface area contributed by atoms with E-state index in [-0.39, 0.29) is 0 Å². The van der Waals surface area contributed by atoms with Gasteiger partial charge >= 0.3 is 0 Å². The summed E-state index contributed by atoms with van der Waals surface area (Å²) in [4.78, 5) is 0. The standard InChI is InChI=1S/C11H20N4O/c12-7-11-8-15(14-13-11)5-6-16-9-10-3-1-2-4-10/h8,10H,1-7,9,12H2. The molecule has 1 heterocycles. The fourth-order valence-electron chi connectivity index (χ4n) is 2.13. The monoisotopic (exact) mass is 224 g/mol. The van der Waals surface area contributed by atoms with Crippen LogP contribution in [0.3, 0.4) is 0 Å². The summed E-state index contributed by atoms with van der Waals surface area (Å²) in [5, 5.41) is 7.89. The molecular weight excluding hydrogens is 204 g/mol. The van der Waals surface area contributed by atoms with Gasteiger partial charge in [0, 0.05) is 19.3 Å². The Hall–Kier alpha value is -0.940. The maximum Gasteiger partial charge on any atom is 0.0962 e. The van der Waals surface area contributed by atoms with Crippen LogP contribution in [0.2, 0.25) is 0 Å². The summed E-state index contributed by atoms with van der Waals surface area (Å²) < 4.78 is 7.43. The molecule has 0 aliphatic heterocycles. The highest BCUT2D eigenvalue weighted by Gasteiger charge is 2.14. The van der Waals surface area contributed by atoms with E-state index in [9.17, 15) is 0 Å². The number of nitrogens with zero attached hydrogens (tertiary/aromatic N) is 3. The molecule has 0 unspecified atom stereocenters. The van der Waals surface area contributed by atoms with Gasteiger partial charge in [-0.2, -0.15) is 0 Å². The molecule has 90 valence electrons. The molecule has 5 nitrogen and oxygen atoms in total. The smallest absolute Gasteiger partial charge is 0.0962 e. The van der Waals surface area contributed by atoms with E-state index in [1.54, 1.807) is 4.68 Å². The van der Waals surface area contributed by atoms with Crippen LogP contribution in [-0.2, 0) is 17.8 Å². The predicted molar refractivity (Wildman–Crippen MR) is 60.7 cm³/mol. The lowest BCUT2D eigenvalue weighted by atomic mass is 10.1. The van der Waals surface area contributed by atoms with Crippen molar-refractivity contribution in [1.29, 1.82) is 0 Å². The summed E-state index contributed by atoms with van der Waals surface area (Å²) >= 11 is 0. The molecule has 1 aliphatic carbocycles. The maximum atomic E-state index is 5.64. The minimum Gasteiger partial charge on any atom is -0.379 e. The summed E-state index contributed by atoms with van der Waals surface area (Å²) in [5.41, 5.74) is 6.28. The topological polar surface area (TPSA) is 66.0 Å². The lowest BCUT2D eigenvalue weighted by Gasteiger charge is -2.09. The van der Waals surface area contributed by atoms with Crippen LogP contribution in [0.5, 0.6) is 0 Å².